The highest BCUT2D eigenvalue weighted by Gasteiger charge is 2.27. The van der Waals surface area contributed by atoms with E-state index in [0.29, 0.717) is 0 Å². The summed E-state index contributed by atoms with van der Waals surface area (Å²) < 4.78 is 25.6. The highest BCUT2D eigenvalue weighted by molar-refractivity contribution is 7.89. The largest absolute Gasteiger partial charge is 0.382 e. The number of aliphatic hydroxyl groups is 1. The summed E-state index contributed by atoms with van der Waals surface area (Å²) in [6.45, 7) is -0.697. The number of nitro benzene ring substituents is 1. The average Bonchev–Trinajstić information content (AvgIpc) is 2.35. The van der Waals surface area contributed by atoms with Crippen LogP contribution in [0.5, 0.6) is 0 Å². The smallest absolute Gasteiger partial charge is 0.290 e. The molecule has 11 heteroatoms. The van der Waals surface area contributed by atoms with Gasteiger partial charge in [-0.3, -0.25) is 14.9 Å². The number of sulfonamides is 1. The van der Waals surface area contributed by atoms with E-state index in [-0.39, 0.29) is 5.02 Å². The van der Waals surface area contributed by atoms with Crippen LogP contribution >= 0.6 is 11.6 Å². The third-order valence-electron chi connectivity index (χ3n) is 2.20. The van der Waals surface area contributed by atoms with Crippen molar-refractivity contribution in [2.24, 2.45) is 5.73 Å². The predicted molar refractivity (Wildman–Crippen MR) is 68.5 cm³/mol. The number of benzene rings is 1. The number of nitrogens with one attached hydrogen (secondary N) is 1. The van der Waals surface area contributed by atoms with E-state index in [1.54, 1.807) is 0 Å². The Morgan fingerprint density at radius 1 is 1.55 bits per heavy atom. The molecule has 0 spiro atoms. The van der Waals surface area contributed by atoms with E-state index >= 15 is 0 Å². The van der Waals surface area contributed by atoms with Crippen LogP contribution in [-0.2, 0) is 14.8 Å². The second-order valence-electron chi connectivity index (χ2n) is 3.64. The minimum absolute atomic E-state index is 0.00665. The van der Waals surface area contributed by atoms with Crippen molar-refractivity contribution in [2.45, 2.75) is 11.0 Å². The molecule has 0 bridgehead atoms. The average molecular weight is 324 g/mol. The number of carbonyl (C=O) groups is 1. The van der Waals surface area contributed by atoms with E-state index in [4.69, 9.17) is 22.4 Å². The zero-order valence-electron chi connectivity index (χ0n) is 9.82. The van der Waals surface area contributed by atoms with Gasteiger partial charge in [0.05, 0.1) is 4.92 Å². The van der Waals surface area contributed by atoms with Crippen molar-refractivity contribution in [1.82, 2.24) is 4.72 Å². The Balaban J connectivity index is 3.10. The zero-order valence-corrected chi connectivity index (χ0v) is 11.4. The molecule has 1 atom stereocenters. The fraction of sp³-hybridized carbons (Fsp3) is 0.222. The van der Waals surface area contributed by atoms with Gasteiger partial charge in [-0.05, 0) is 12.1 Å². The van der Waals surface area contributed by atoms with Gasteiger partial charge in [-0.1, -0.05) is 11.6 Å². The van der Waals surface area contributed by atoms with Gasteiger partial charge in [-0.25, -0.2) is 13.1 Å². The van der Waals surface area contributed by atoms with E-state index in [2.05, 4.69) is 0 Å². The SMILES string of the molecule is NC(=O)C(O)CNS(=O)(=O)c1ccc(Cl)cc1[N+](=O)[O-]. The summed E-state index contributed by atoms with van der Waals surface area (Å²) >= 11 is 5.56. The maximum absolute atomic E-state index is 11.9. The number of halogens is 1. The van der Waals surface area contributed by atoms with Gasteiger partial charge in [0.25, 0.3) is 5.69 Å². The molecule has 110 valence electrons. The topological polar surface area (TPSA) is 153 Å². The van der Waals surface area contributed by atoms with Gasteiger partial charge < -0.3 is 10.8 Å². The van der Waals surface area contributed by atoms with Crippen LogP contribution in [0.15, 0.2) is 23.1 Å². The molecule has 0 aliphatic heterocycles. The lowest BCUT2D eigenvalue weighted by Gasteiger charge is -2.09. The molecule has 1 amide bonds. The van der Waals surface area contributed by atoms with Gasteiger partial charge in [0.1, 0.15) is 6.10 Å². The molecular weight excluding hydrogens is 314 g/mol. The second kappa shape index (κ2) is 6.13. The van der Waals surface area contributed by atoms with Crippen LogP contribution in [0.3, 0.4) is 0 Å². The number of hydrogen-bond donors (Lipinski definition) is 3. The highest BCUT2D eigenvalue weighted by atomic mass is 35.5. The highest BCUT2D eigenvalue weighted by Crippen LogP contribution is 2.26. The minimum Gasteiger partial charge on any atom is -0.382 e. The molecule has 0 heterocycles. The number of nitrogens with two attached hydrogens (primary N) is 1. The van der Waals surface area contributed by atoms with Crippen LogP contribution < -0.4 is 10.5 Å². The van der Waals surface area contributed by atoms with E-state index in [0.717, 1.165) is 18.2 Å². The third-order valence-corrected chi connectivity index (χ3v) is 3.91. The van der Waals surface area contributed by atoms with Crippen molar-refractivity contribution < 1.29 is 23.2 Å². The standard InChI is InChI=1S/C9H10ClN3O6S/c10-5-1-2-8(6(3-5)13(16)17)20(18,19)12-4-7(14)9(11)15/h1-3,7,12,14H,4H2,(H2,11,15). The van der Waals surface area contributed by atoms with Gasteiger partial charge >= 0.3 is 0 Å². The monoisotopic (exact) mass is 323 g/mol. The molecule has 0 saturated heterocycles. The molecule has 0 saturated carbocycles. The Labute approximate surface area is 118 Å². The Kier molecular flexibility index (Phi) is 5.00. The maximum atomic E-state index is 11.9. The normalized spacial score (nSPS) is 12.9. The van der Waals surface area contributed by atoms with Crippen molar-refractivity contribution in [3.63, 3.8) is 0 Å². The van der Waals surface area contributed by atoms with Gasteiger partial charge in [-0.2, -0.15) is 0 Å². The quantitative estimate of drug-likeness (QED) is 0.468. The van der Waals surface area contributed by atoms with Gasteiger partial charge in [-0.15, -0.1) is 0 Å². The van der Waals surface area contributed by atoms with E-state index in [1.165, 1.54) is 0 Å². The summed E-state index contributed by atoms with van der Waals surface area (Å²) in [6, 6.07) is 2.98. The lowest BCUT2D eigenvalue weighted by Crippen LogP contribution is -2.40. The Morgan fingerprint density at radius 3 is 2.65 bits per heavy atom. The van der Waals surface area contributed by atoms with Gasteiger partial charge in [0.2, 0.25) is 15.9 Å². The zero-order chi connectivity index (χ0) is 15.5. The molecular formula is C9H10ClN3O6S. The van der Waals surface area contributed by atoms with Crippen LogP contribution in [0, 0.1) is 10.1 Å². The molecule has 0 radical (unpaired) electrons. The van der Waals surface area contributed by atoms with Crippen molar-refractivity contribution in [2.75, 3.05) is 6.54 Å². The first-order valence-corrected chi connectivity index (χ1v) is 6.92. The lowest BCUT2D eigenvalue weighted by atomic mass is 10.3. The summed E-state index contributed by atoms with van der Waals surface area (Å²) in [7, 11) is -4.30. The fourth-order valence-corrected chi connectivity index (χ4v) is 2.58. The van der Waals surface area contributed by atoms with Gasteiger partial charge in [0.15, 0.2) is 4.90 Å². The number of nitrogens with zero attached hydrogens (tertiary/aromatic N) is 1. The molecule has 1 aromatic rings. The molecule has 0 aromatic heterocycles. The number of hydrogen-bond acceptors (Lipinski definition) is 6. The lowest BCUT2D eigenvalue weighted by molar-refractivity contribution is -0.387. The Hall–Kier alpha value is -1.75. The number of aliphatic hydroxyl groups excluding tert-OH is 1. The van der Waals surface area contributed by atoms with Gasteiger partial charge in [0, 0.05) is 17.6 Å². The predicted octanol–water partition coefficient (Wildman–Crippen LogP) is -0.627. The molecule has 1 aromatic carbocycles. The van der Waals surface area contributed by atoms with Crippen molar-refractivity contribution in [1.29, 1.82) is 0 Å². The van der Waals surface area contributed by atoms with E-state index in [9.17, 15) is 23.3 Å². The van der Waals surface area contributed by atoms with E-state index < -0.39 is 44.1 Å². The Bertz CT molecular complexity index is 647. The van der Waals surface area contributed by atoms with Crippen LogP contribution in [-0.4, -0.2) is 37.0 Å². The summed E-state index contributed by atoms with van der Waals surface area (Å²) in [6.07, 6.45) is -1.74. The van der Waals surface area contributed by atoms with Crippen molar-refractivity contribution in [3.05, 3.63) is 33.3 Å². The molecule has 0 fully saturated rings. The third kappa shape index (κ3) is 3.87. The molecule has 20 heavy (non-hydrogen) atoms. The second-order valence-corrected chi connectivity index (χ2v) is 5.81. The maximum Gasteiger partial charge on any atom is 0.290 e. The van der Waals surface area contributed by atoms with Crippen LogP contribution in [0.2, 0.25) is 5.02 Å². The Morgan fingerprint density at radius 2 is 2.15 bits per heavy atom. The first-order chi connectivity index (χ1) is 9.15. The first kappa shape index (κ1) is 16.3. The van der Waals surface area contributed by atoms with Crippen molar-refractivity contribution in [3.8, 4) is 0 Å². The number of rotatable bonds is 6. The molecule has 0 aliphatic rings. The molecule has 1 unspecified atom stereocenters. The molecule has 9 nitrogen and oxygen atoms in total. The van der Waals surface area contributed by atoms with Crippen LogP contribution in [0.4, 0.5) is 5.69 Å². The molecule has 4 N–H and O–H groups in total. The van der Waals surface area contributed by atoms with Crippen LogP contribution in [0.25, 0.3) is 0 Å². The van der Waals surface area contributed by atoms with Crippen molar-refractivity contribution >= 4 is 33.2 Å². The number of carbonyl (C=O) groups excluding carboxylic acids is 1. The summed E-state index contributed by atoms with van der Waals surface area (Å²) in [5.74, 6) is -1.13. The van der Waals surface area contributed by atoms with E-state index in [1.807, 2.05) is 4.72 Å². The summed E-state index contributed by atoms with van der Waals surface area (Å²) in [5.41, 5.74) is 4.03. The molecule has 0 aliphatic carbocycles. The number of amides is 1. The summed E-state index contributed by atoms with van der Waals surface area (Å²) in [5, 5.41) is 19.9. The molecule has 1 rings (SSSR count). The minimum atomic E-state index is -4.30. The summed E-state index contributed by atoms with van der Waals surface area (Å²) in [4.78, 5) is 19.8. The van der Waals surface area contributed by atoms with Crippen LogP contribution in [0.1, 0.15) is 0 Å². The number of nitro groups is 1. The first-order valence-electron chi connectivity index (χ1n) is 5.06. The number of primary amides is 1. The fourth-order valence-electron chi connectivity index (χ4n) is 1.23.